The molecule has 0 fully saturated rings. The Morgan fingerprint density at radius 3 is 1.02 bits per heavy atom. The summed E-state index contributed by atoms with van der Waals surface area (Å²) in [6, 6.07) is -3.37. The second-order valence-electron chi connectivity index (χ2n) is 13.5. The first-order valence-electron chi connectivity index (χ1n) is 14.7. The summed E-state index contributed by atoms with van der Waals surface area (Å²) in [5.74, 6) is -17.0. The molecule has 0 spiro atoms. The lowest BCUT2D eigenvalue weighted by Crippen LogP contribution is -2.62. The maximum absolute atomic E-state index is 13.9. The predicted octanol–water partition coefficient (Wildman–Crippen LogP) is 11.2. The third-order valence-electron chi connectivity index (χ3n) is 7.18. The van der Waals surface area contributed by atoms with Crippen LogP contribution >= 0.6 is 0 Å². The standard InChI is InChI=1S/C25H41F15O5Si4/c1-18(19(41)42)10-8-9-14-49(43-46(2,3)15-11-20(26,27)23(32,33)34,44-47(4,5)16-12-21(28,29)24(35,36)37)45-48(6,7)17-13-22(30,31)25(38,39)40/h1,8-17H2,2-7H3,(H,41,42). The maximum Gasteiger partial charge on any atom is 0.469 e. The van der Waals surface area contributed by atoms with E-state index in [1.165, 1.54) is 0 Å². The van der Waals surface area contributed by atoms with E-state index in [-0.39, 0.29) is 24.8 Å². The molecule has 0 heterocycles. The highest BCUT2D eigenvalue weighted by atomic mass is 28.5. The number of carboxylic acid groups (broad SMARTS) is 1. The molecule has 0 aliphatic rings. The number of halogens is 15. The minimum atomic E-state index is -5.97. The van der Waals surface area contributed by atoms with Crippen LogP contribution in [0.2, 0.25) is 63.5 Å². The van der Waals surface area contributed by atoms with Gasteiger partial charge in [-0.3, -0.25) is 0 Å². The molecule has 24 heteroatoms. The van der Waals surface area contributed by atoms with Gasteiger partial charge in [0.2, 0.25) is 0 Å². The van der Waals surface area contributed by atoms with Gasteiger partial charge < -0.3 is 17.5 Å². The van der Waals surface area contributed by atoms with E-state index in [2.05, 4.69) is 6.58 Å². The average molecular weight is 819 g/mol. The molecule has 0 saturated heterocycles. The third kappa shape index (κ3) is 16.0. The van der Waals surface area contributed by atoms with Gasteiger partial charge in [-0.2, -0.15) is 65.9 Å². The van der Waals surface area contributed by atoms with E-state index >= 15 is 0 Å². The van der Waals surface area contributed by atoms with E-state index in [1.807, 2.05) is 0 Å². The van der Waals surface area contributed by atoms with Crippen molar-refractivity contribution in [1.29, 1.82) is 0 Å². The van der Waals surface area contributed by atoms with Gasteiger partial charge in [0, 0.05) is 30.9 Å². The van der Waals surface area contributed by atoms with Crippen LogP contribution in [-0.2, 0) is 17.1 Å². The normalized spacial score (nSPS) is 15.1. The van der Waals surface area contributed by atoms with Crippen LogP contribution in [0, 0.1) is 0 Å². The molecule has 1 N–H and O–H groups in total. The summed E-state index contributed by atoms with van der Waals surface area (Å²) in [6.45, 7) is 10.1. The SMILES string of the molecule is C=C(CCCC[Si](O[Si](C)(C)CCC(F)(F)C(F)(F)F)(O[Si](C)(C)CCC(F)(F)C(F)(F)F)O[Si](C)(C)CCC(F)(F)C(F)(F)F)C(=O)O. The fourth-order valence-corrected chi connectivity index (χ4v) is 21.8. The van der Waals surface area contributed by atoms with E-state index in [0.717, 1.165) is 39.3 Å². The van der Waals surface area contributed by atoms with Crippen molar-refractivity contribution in [3.05, 3.63) is 12.2 Å². The molecule has 0 amide bonds. The van der Waals surface area contributed by atoms with Crippen molar-refractivity contribution in [3.63, 3.8) is 0 Å². The summed E-state index contributed by atoms with van der Waals surface area (Å²) in [4.78, 5) is 11.2. The minimum Gasteiger partial charge on any atom is -0.478 e. The van der Waals surface area contributed by atoms with Crippen LogP contribution in [-0.4, -0.2) is 81.1 Å². The van der Waals surface area contributed by atoms with Crippen LogP contribution in [0.1, 0.15) is 38.5 Å². The molecule has 0 aromatic rings. The van der Waals surface area contributed by atoms with Crippen LogP contribution in [0.15, 0.2) is 12.2 Å². The zero-order valence-corrected chi connectivity index (χ0v) is 31.5. The predicted molar refractivity (Wildman–Crippen MR) is 158 cm³/mol. The molecule has 0 aromatic heterocycles. The first-order valence-corrected chi connectivity index (χ1v) is 25.9. The van der Waals surface area contributed by atoms with Crippen LogP contribution < -0.4 is 0 Å². The van der Waals surface area contributed by atoms with E-state index < -0.39 is 119 Å². The molecule has 0 aromatic carbocycles. The Morgan fingerprint density at radius 1 is 0.531 bits per heavy atom. The van der Waals surface area contributed by atoms with Crippen LogP contribution in [0.3, 0.4) is 0 Å². The Morgan fingerprint density at radius 2 is 0.796 bits per heavy atom. The molecular formula is C25H41F15O5Si4. The molecule has 0 atom stereocenters. The molecule has 292 valence electrons. The van der Waals surface area contributed by atoms with Crippen molar-refractivity contribution in [2.75, 3.05) is 0 Å². The van der Waals surface area contributed by atoms with Gasteiger partial charge in [0.1, 0.15) is 0 Å². The summed E-state index contributed by atoms with van der Waals surface area (Å²) >= 11 is 0. The number of unbranched alkanes of at least 4 members (excludes halogenated alkanes) is 1. The summed E-state index contributed by atoms with van der Waals surface area (Å²) in [5, 5.41) is 9.07. The summed E-state index contributed by atoms with van der Waals surface area (Å²) in [5.41, 5.74) is -0.299. The molecular weight excluding hydrogens is 778 g/mol. The molecule has 0 bridgehead atoms. The molecule has 0 radical (unpaired) electrons. The lowest BCUT2D eigenvalue weighted by atomic mass is 10.1. The second-order valence-corrected chi connectivity index (χ2v) is 29.9. The third-order valence-corrected chi connectivity index (χ3v) is 22.9. The summed E-state index contributed by atoms with van der Waals surface area (Å²) in [6.07, 6.45) is -23.8. The topological polar surface area (TPSA) is 65.0 Å². The molecule has 0 aliphatic heterocycles. The van der Waals surface area contributed by atoms with Crippen LogP contribution in [0.5, 0.6) is 0 Å². The monoisotopic (exact) mass is 818 g/mol. The Bertz CT molecular complexity index is 1000. The van der Waals surface area contributed by atoms with E-state index in [1.54, 1.807) is 0 Å². The Hall–Kier alpha value is -1.09. The molecule has 0 aliphatic carbocycles. The molecule has 0 rings (SSSR count). The average Bonchev–Trinajstić information content (AvgIpc) is 2.85. The fraction of sp³-hybridized carbons (Fsp3) is 0.880. The first kappa shape index (κ1) is 47.9. The number of hydrogen-bond donors (Lipinski definition) is 1. The molecule has 49 heavy (non-hydrogen) atoms. The summed E-state index contributed by atoms with van der Waals surface area (Å²) < 4.78 is 218. The van der Waals surface area contributed by atoms with Crippen molar-refractivity contribution in [3.8, 4) is 0 Å². The zero-order chi connectivity index (χ0) is 39.3. The largest absolute Gasteiger partial charge is 0.478 e. The Labute approximate surface area is 278 Å². The van der Waals surface area contributed by atoms with E-state index in [4.69, 9.17) is 17.5 Å². The van der Waals surface area contributed by atoms with Crippen LogP contribution in [0.25, 0.3) is 0 Å². The van der Waals surface area contributed by atoms with Gasteiger partial charge in [0.05, 0.1) is 0 Å². The van der Waals surface area contributed by atoms with E-state index in [0.29, 0.717) is 0 Å². The van der Waals surface area contributed by atoms with Crippen molar-refractivity contribution in [2.45, 2.75) is 138 Å². The van der Waals surface area contributed by atoms with Crippen molar-refractivity contribution in [1.82, 2.24) is 0 Å². The highest BCUT2D eigenvalue weighted by Crippen LogP contribution is 2.45. The van der Waals surface area contributed by atoms with Gasteiger partial charge in [-0.05, 0) is 76.7 Å². The summed E-state index contributed by atoms with van der Waals surface area (Å²) in [7, 11) is -16.5. The van der Waals surface area contributed by atoms with Gasteiger partial charge in [-0.25, -0.2) is 4.79 Å². The van der Waals surface area contributed by atoms with Gasteiger partial charge in [-0.1, -0.05) is 6.58 Å². The Kier molecular flexibility index (Phi) is 15.9. The smallest absolute Gasteiger partial charge is 0.469 e. The molecule has 0 unspecified atom stereocenters. The van der Waals surface area contributed by atoms with Gasteiger partial charge in [0.25, 0.3) is 0 Å². The lowest BCUT2D eigenvalue weighted by molar-refractivity contribution is -0.282. The fourth-order valence-electron chi connectivity index (χ4n) is 4.22. The number of aliphatic carboxylic acids is 1. The molecule has 0 saturated carbocycles. The van der Waals surface area contributed by atoms with Crippen molar-refractivity contribution < 1.29 is 88.1 Å². The Balaban J connectivity index is 6.93. The first-order chi connectivity index (χ1) is 21.3. The highest BCUT2D eigenvalue weighted by molar-refractivity contribution is 6.90. The lowest BCUT2D eigenvalue weighted by Gasteiger charge is -2.45. The minimum absolute atomic E-state index is 0.0631. The number of carboxylic acids is 1. The van der Waals surface area contributed by atoms with Crippen LogP contribution in [0.4, 0.5) is 65.9 Å². The van der Waals surface area contributed by atoms with Crippen molar-refractivity contribution in [2.24, 2.45) is 0 Å². The second kappa shape index (κ2) is 16.3. The maximum atomic E-state index is 13.9. The quantitative estimate of drug-likeness (QED) is 0.0541. The number of alkyl halides is 15. The van der Waals surface area contributed by atoms with Crippen molar-refractivity contribution >= 4 is 39.7 Å². The number of hydrogen-bond acceptors (Lipinski definition) is 4. The zero-order valence-electron chi connectivity index (χ0n) is 27.5. The van der Waals surface area contributed by atoms with Gasteiger partial charge in [-0.15, -0.1) is 0 Å². The van der Waals surface area contributed by atoms with E-state index in [9.17, 15) is 70.7 Å². The van der Waals surface area contributed by atoms with Gasteiger partial charge >= 0.3 is 51.1 Å². The highest BCUT2D eigenvalue weighted by Gasteiger charge is 2.61. The number of carbonyl (C=O) groups is 1. The number of rotatable bonds is 21. The van der Waals surface area contributed by atoms with Gasteiger partial charge in [0.15, 0.2) is 25.0 Å². The molecule has 5 nitrogen and oxygen atoms in total.